The summed E-state index contributed by atoms with van der Waals surface area (Å²) in [5, 5.41) is 0. The lowest BCUT2D eigenvalue weighted by Gasteiger charge is -2.25. The van der Waals surface area contributed by atoms with Crippen molar-refractivity contribution in [3.63, 3.8) is 0 Å². The van der Waals surface area contributed by atoms with Gasteiger partial charge in [-0.2, -0.15) is 0 Å². The number of hydrogen-bond acceptors (Lipinski definition) is 5. The highest BCUT2D eigenvalue weighted by Gasteiger charge is 2.18. The number of amidine groups is 1. The largest absolute Gasteiger partial charge is 0.467 e. The minimum absolute atomic E-state index is 0.237. The van der Waals surface area contributed by atoms with Crippen molar-refractivity contribution >= 4 is 11.8 Å². The Hall–Kier alpha value is -1.78. The van der Waals surface area contributed by atoms with E-state index < -0.39 is 0 Å². The van der Waals surface area contributed by atoms with Crippen molar-refractivity contribution in [1.29, 1.82) is 0 Å². The number of guanidine groups is 1. The van der Waals surface area contributed by atoms with E-state index in [-0.39, 0.29) is 6.04 Å². The highest BCUT2D eigenvalue weighted by Crippen LogP contribution is 2.18. The maximum atomic E-state index is 5.87. The predicted molar refractivity (Wildman–Crippen MR) is 77.1 cm³/mol. The van der Waals surface area contributed by atoms with Crippen LogP contribution in [0.4, 0.5) is 0 Å². The Bertz CT molecular complexity index is 464. The highest BCUT2D eigenvalue weighted by molar-refractivity contribution is 5.95. The van der Waals surface area contributed by atoms with Crippen LogP contribution in [0, 0.1) is 5.92 Å². The molecular weight excluding hydrogens is 240 g/mol. The second-order valence-corrected chi connectivity index (χ2v) is 5.21. The molecule has 1 aromatic rings. The van der Waals surface area contributed by atoms with E-state index >= 15 is 0 Å². The number of nitrogens with two attached hydrogens (primary N) is 1. The first-order valence-electron chi connectivity index (χ1n) is 6.70. The summed E-state index contributed by atoms with van der Waals surface area (Å²) in [6, 6.07) is 4.09. The van der Waals surface area contributed by atoms with E-state index in [1.54, 1.807) is 6.26 Å². The monoisotopic (exact) mass is 262 g/mol. The third-order valence-corrected chi connectivity index (χ3v) is 3.64. The number of hydrogen-bond donors (Lipinski definition) is 1. The average molecular weight is 262 g/mol. The van der Waals surface area contributed by atoms with Crippen LogP contribution in [-0.4, -0.2) is 29.8 Å². The molecule has 1 aliphatic heterocycles. The first kappa shape index (κ1) is 13.6. The second kappa shape index (κ2) is 5.91. The van der Waals surface area contributed by atoms with Crippen molar-refractivity contribution in [2.24, 2.45) is 21.6 Å². The zero-order valence-corrected chi connectivity index (χ0v) is 11.8. The van der Waals surface area contributed by atoms with Gasteiger partial charge in [0, 0.05) is 13.5 Å². The number of nitrogens with zero attached hydrogens (tertiary/aromatic N) is 3. The van der Waals surface area contributed by atoms with Gasteiger partial charge in [0.25, 0.3) is 0 Å². The molecule has 2 rings (SSSR count). The molecule has 0 spiro atoms. The van der Waals surface area contributed by atoms with Crippen LogP contribution in [0.3, 0.4) is 0 Å². The van der Waals surface area contributed by atoms with Crippen molar-refractivity contribution in [3.8, 4) is 0 Å². The standard InChI is InChI=1S/C14H22N4O/c1-10-6-7-13(17-14(15)16-11(10)2)18(3)9-12-5-4-8-19-12/h4-5,8,10-11H,6-7,9H2,1-3H3,(H2,15,16). The summed E-state index contributed by atoms with van der Waals surface area (Å²) >= 11 is 0. The van der Waals surface area contributed by atoms with Crippen molar-refractivity contribution in [3.05, 3.63) is 24.2 Å². The topological polar surface area (TPSA) is 67.1 Å². The van der Waals surface area contributed by atoms with Crippen LogP contribution in [0.5, 0.6) is 0 Å². The van der Waals surface area contributed by atoms with E-state index in [4.69, 9.17) is 10.2 Å². The Morgan fingerprint density at radius 2 is 2.26 bits per heavy atom. The van der Waals surface area contributed by atoms with Crippen LogP contribution in [0.15, 0.2) is 32.8 Å². The third-order valence-electron chi connectivity index (χ3n) is 3.64. The Kier molecular flexibility index (Phi) is 4.24. The number of rotatable bonds is 2. The van der Waals surface area contributed by atoms with E-state index in [1.165, 1.54) is 0 Å². The Balaban J connectivity index is 2.11. The molecule has 2 N–H and O–H groups in total. The average Bonchev–Trinajstić information content (AvgIpc) is 2.85. The van der Waals surface area contributed by atoms with Crippen molar-refractivity contribution in [2.75, 3.05) is 7.05 Å². The van der Waals surface area contributed by atoms with Crippen LogP contribution >= 0.6 is 0 Å². The normalized spacial score (nSPS) is 24.2. The fourth-order valence-corrected chi connectivity index (χ4v) is 2.15. The SMILES string of the molecule is CC1CCC(N(C)Cc2ccco2)=NC(N)=NC1C. The molecule has 0 fully saturated rings. The lowest BCUT2D eigenvalue weighted by atomic mass is 9.97. The van der Waals surface area contributed by atoms with Gasteiger partial charge in [0.05, 0.1) is 18.8 Å². The molecule has 2 atom stereocenters. The first-order valence-corrected chi connectivity index (χ1v) is 6.70. The van der Waals surface area contributed by atoms with Gasteiger partial charge in [0.1, 0.15) is 11.6 Å². The summed E-state index contributed by atoms with van der Waals surface area (Å²) in [6.45, 7) is 4.99. The fraction of sp³-hybridized carbons (Fsp3) is 0.571. The second-order valence-electron chi connectivity index (χ2n) is 5.21. The Morgan fingerprint density at radius 3 is 2.95 bits per heavy atom. The maximum absolute atomic E-state index is 5.87. The van der Waals surface area contributed by atoms with E-state index in [2.05, 4.69) is 28.7 Å². The van der Waals surface area contributed by atoms with E-state index in [9.17, 15) is 0 Å². The van der Waals surface area contributed by atoms with Gasteiger partial charge >= 0.3 is 0 Å². The van der Waals surface area contributed by atoms with E-state index in [0.717, 1.165) is 24.4 Å². The lowest BCUT2D eigenvalue weighted by molar-refractivity contribution is 0.393. The van der Waals surface area contributed by atoms with Gasteiger partial charge in [-0.3, -0.25) is 0 Å². The fourth-order valence-electron chi connectivity index (χ4n) is 2.15. The van der Waals surface area contributed by atoms with Gasteiger partial charge in [0.15, 0.2) is 0 Å². The minimum Gasteiger partial charge on any atom is -0.467 e. The van der Waals surface area contributed by atoms with Crippen LogP contribution in [0.2, 0.25) is 0 Å². The van der Waals surface area contributed by atoms with Crippen LogP contribution < -0.4 is 5.73 Å². The van der Waals surface area contributed by atoms with Crippen LogP contribution in [0.25, 0.3) is 0 Å². The van der Waals surface area contributed by atoms with Crippen molar-refractivity contribution in [2.45, 2.75) is 39.3 Å². The van der Waals surface area contributed by atoms with Crippen LogP contribution in [0.1, 0.15) is 32.4 Å². The summed E-state index contributed by atoms with van der Waals surface area (Å²) in [5.74, 6) is 2.78. The molecule has 0 aliphatic carbocycles. The Morgan fingerprint density at radius 1 is 1.47 bits per heavy atom. The molecule has 0 amide bonds. The van der Waals surface area contributed by atoms with Crippen molar-refractivity contribution in [1.82, 2.24) is 4.90 Å². The zero-order valence-electron chi connectivity index (χ0n) is 11.8. The summed E-state index contributed by atoms with van der Waals surface area (Å²) in [7, 11) is 2.00. The third kappa shape index (κ3) is 3.59. The van der Waals surface area contributed by atoms with E-state index in [1.807, 2.05) is 19.2 Å². The summed E-state index contributed by atoms with van der Waals surface area (Å²) in [5.41, 5.74) is 5.87. The molecule has 0 aromatic carbocycles. The van der Waals surface area contributed by atoms with E-state index in [0.29, 0.717) is 18.4 Å². The van der Waals surface area contributed by atoms with Gasteiger partial charge in [0.2, 0.25) is 5.96 Å². The molecule has 0 saturated carbocycles. The summed E-state index contributed by atoms with van der Waals surface area (Å²) < 4.78 is 5.36. The Labute approximate surface area is 114 Å². The van der Waals surface area contributed by atoms with Gasteiger partial charge in [-0.15, -0.1) is 0 Å². The van der Waals surface area contributed by atoms with Gasteiger partial charge in [-0.1, -0.05) is 6.92 Å². The minimum atomic E-state index is 0.237. The maximum Gasteiger partial charge on any atom is 0.217 e. The highest BCUT2D eigenvalue weighted by atomic mass is 16.3. The smallest absolute Gasteiger partial charge is 0.217 e. The molecule has 1 aliphatic rings. The lowest BCUT2D eigenvalue weighted by Crippen LogP contribution is -2.31. The van der Waals surface area contributed by atoms with Gasteiger partial charge in [-0.25, -0.2) is 9.98 Å². The zero-order chi connectivity index (χ0) is 13.8. The van der Waals surface area contributed by atoms with Gasteiger partial charge in [-0.05, 0) is 31.4 Å². The number of aliphatic imine (C=N–C) groups is 2. The molecule has 0 radical (unpaired) electrons. The molecule has 0 saturated heterocycles. The molecule has 104 valence electrons. The molecule has 19 heavy (non-hydrogen) atoms. The van der Waals surface area contributed by atoms with Crippen molar-refractivity contribution < 1.29 is 4.42 Å². The molecule has 1 aromatic heterocycles. The number of furan rings is 1. The quantitative estimate of drug-likeness (QED) is 0.888. The summed E-state index contributed by atoms with van der Waals surface area (Å²) in [4.78, 5) is 10.9. The molecule has 2 unspecified atom stereocenters. The molecule has 0 bridgehead atoms. The molecule has 5 heteroatoms. The molecule has 2 heterocycles. The first-order chi connectivity index (χ1) is 9.06. The van der Waals surface area contributed by atoms with Gasteiger partial charge < -0.3 is 15.1 Å². The predicted octanol–water partition coefficient (Wildman–Crippen LogP) is 2.24. The molecule has 5 nitrogen and oxygen atoms in total. The van der Waals surface area contributed by atoms with Crippen LogP contribution in [-0.2, 0) is 6.54 Å². The summed E-state index contributed by atoms with van der Waals surface area (Å²) in [6.07, 6.45) is 3.67. The molecular formula is C14H22N4O.